The lowest BCUT2D eigenvalue weighted by atomic mass is 10.1. The fraction of sp³-hybridized carbons (Fsp3) is 0.167. The molecule has 0 fully saturated rings. The van der Waals surface area contributed by atoms with Gasteiger partial charge < -0.3 is 15.0 Å². The average Bonchev–Trinajstić information content (AvgIpc) is 3.13. The highest BCUT2D eigenvalue weighted by molar-refractivity contribution is 5.60. The van der Waals surface area contributed by atoms with Crippen LogP contribution < -0.4 is 10.1 Å². The first-order valence-corrected chi connectivity index (χ1v) is 9.50. The Labute approximate surface area is 171 Å². The van der Waals surface area contributed by atoms with Crippen LogP contribution in [0.15, 0.2) is 78.6 Å². The fourth-order valence-corrected chi connectivity index (χ4v) is 2.74. The number of aryl methyl sites for hydroxylation is 2. The monoisotopic (exact) mass is 386 g/mol. The van der Waals surface area contributed by atoms with E-state index in [9.17, 15) is 0 Å². The summed E-state index contributed by atoms with van der Waals surface area (Å²) >= 11 is 0. The fourth-order valence-electron chi connectivity index (χ4n) is 2.74. The Kier molecular flexibility index (Phi) is 6.29. The van der Waals surface area contributed by atoms with Gasteiger partial charge in [0, 0.05) is 11.3 Å². The predicted molar refractivity (Wildman–Crippen MR) is 119 cm³/mol. The minimum atomic E-state index is 0.600. The van der Waals surface area contributed by atoms with E-state index in [1.54, 1.807) is 0 Å². The van der Waals surface area contributed by atoms with Crippen molar-refractivity contribution in [3.8, 4) is 17.1 Å². The molecule has 0 aliphatic heterocycles. The lowest BCUT2D eigenvalue weighted by Gasteiger charge is -2.07. The molecule has 148 valence electrons. The quantitative estimate of drug-likeness (QED) is 0.372. The minimum Gasteiger partial charge on any atom is -0.457 e. The number of hydrogen-bond acceptors (Lipinski definition) is 4. The van der Waals surface area contributed by atoms with E-state index in [4.69, 9.17) is 4.74 Å². The summed E-state index contributed by atoms with van der Waals surface area (Å²) in [6, 6.07) is 13.9. The zero-order valence-electron chi connectivity index (χ0n) is 17.3. The van der Waals surface area contributed by atoms with Crippen LogP contribution in [0.1, 0.15) is 25.0 Å². The molecule has 0 atom stereocenters. The van der Waals surface area contributed by atoms with Crippen LogP contribution in [0.3, 0.4) is 0 Å². The van der Waals surface area contributed by atoms with Crippen LogP contribution in [0.4, 0.5) is 11.6 Å². The van der Waals surface area contributed by atoms with E-state index in [1.165, 1.54) is 11.1 Å². The van der Waals surface area contributed by atoms with Crippen molar-refractivity contribution in [2.75, 3.05) is 5.32 Å². The molecule has 1 heterocycles. The second kappa shape index (κ2) is 9.06. The number of benzene rings is 2. The van der Waals surface area contributed by atoms with Crippen molar-refractivity contribution in [1.29, 1.82) is 0 Å². The summed E-state index contributed by atoms with van der Waals surface area (Å²) in [4.78, 5) is 3.21. The van der Waals surface area contributed by atoms with Gasteiger partial charge in [-0.25, -0.2) is 0 Å². The van der Waals surface area contributed by atoms with Gasteiger partial charge in [-0.3, -0.25) is 0 Å². The molecule has 0 saturated carbocycles. The molecule has 0 bridgehead atoms. The number of H-pyrrole nitrogens is 1. The van der Waals surface area contributed by atoms with Crippen molar-refractivity contribution in [3.05, 3.63) is 89.7 Å². The maximum absolute atomic E-state index is 5.92. The van der Waals surface area contributed by atoms with Crippen LogP contribution in [-0.2, 0) is 0 Å². The number of hydrogen-bond donors (Lipinski definition) is 2. The molecular weight excluding hydrogens is 360 g/mol. The van der Waals surface area contributed by atoms with E-state index in [1.807, 2.05) is 62.4 Å². The van der Waals surface area contributed by atoms with E-state index in [2.05, 4.69) is 53.1 Å². The molecule has 0 amide bonds. The van der Waals surface area contributed by atoms with Crippen LogP contribution in [0.5, 0.6) is 5.75 Å². The first kappa shape index (κ1) is 20.1. The van der Waals surface area contributed by atoms with E-state index in [-0.39, 0.29) is 0 Å². The number of allylic oxidation sites excluding steroid dienone is 4. The molecule has 2 N–H and O–H groups in total. The molecule has 0 unspecified atom stereocenters. The zero-order chi connectivity index (χ0) is 20.8. The average molecular weight is 386 g/mol. The third kappa shape index (κ3) is 5.45. The highest BCUT2D eigenvalue weighted by Crippen LogP contribution is 2.23. The molecule has 0 radical (unpaired) electrons. The third-order valence-electron chi connectivity index (χ3n) is 4.34. The van der Waals surface area contributed by atoms with E-state index in [0.29, 0.717) is 11.8 Å². The Morgan fingerprint density at radius 1 is 1.07 bits per heavy atom. The highest BCUT2D eigenvalue weighted by atomic mass is 16.5. The molecule has 0 aliphatic carbocycles. The Bertz CT molecular complexity index is 1060. The lowest BCUT2D eigenvalue weighted by molar-refractivity contribution is 0.444. The van der Waals surface area contributed by atoms with E-state index < -0.39 is 0 Å². The molecule has 0 spiro atoms. The summed E-state index contributed by atoms with van der Waals surface area (Å²) in [7, 11) is 0. The van der Waals surface area contributed by atoms with Gasteiger partial charge in [0.25, 0.3) is 0 Å². The lowest BCUT2D eigenvalue weighted by Crippen LogP contribution is -1.94. The Balaban J connectivity index is 1.72. The van der Waals surface area contributed by atoms with Gasteiger partial charge in [0.2, 0.25) is 5.95 Å². The van der Waals surface area contributed by atoms with Crippen molar-refractivity contribution >= 4 is 11.6 Å². The molecule has 0 saturated heterocycles. The van der Waals surface area contributed by atoms with Crippen molar-refractivity contribution in [2.24, 2.45) is 0 Å². The SMILES string of the molecule is C=C(C)/C=C(\C=C/C)Oc1ccc(-c2nnc(Nc3ccc(C)c(C)c3)[nH]2)cc1. The molecule has 3 aromatic rings. The van der Waals surface area contributed by atoms with Gasteiger partial charge in [-0.1, -0.05) is 24.3 Å². The molecule has 3 rings (SSSR count). The second-order valence-corrected chi connectivity index (χ2v) is 6.97. The van der Waals surface area contributed by atoms with Gasteiger partial charge in [-0.05, 0) is 87.4 Å². The Morgan fingerprint density at radius 2 is 1.83 bits per heavy atom. The van der Waals surface area contributed by atoms with Gasteiger partial charge in [0.05, 0.1) is 0 Å². The van der Waals surface area contributed by atoms with Crippen LogP contribution in [0.25, 0.3) is 11.4 Å². The molecule has 5 nitrogen and oxygen atoms in total. The van der Waals surface area contributed by atoms with Gasteiger partial charge in [0.1, 0.15) is 11.5 Å². The van der Waals surface area contributed by atoms with E-state index >= 15 is 0 Å². The second-order valence-electron chi connectivity index (χ2n) is 6.97. The van der Waals surface area contributed by atoms with Gasteiger partial charge in [0.15, 0.2) is 5.82 Å². The zero-order valence-corrected chi connectivity index (χ0v) is 17.3. The standard InChI is InChI=1S/C24H26N4O/c1-6-7-22(14-16(2)3)29-21-12-9-19(10-13-21)23-26-24(28-27-23)25-20-11-8-17(4)18(5)15-20/h6-15H,2H2,1,3-5H3,(H2,25,26,27,28)/b7-6-,22-14+. The number of nitrogens with one attached hydrogen (secondary N) is 2. The molecule has 2 aromatic carbocycles. The van der Waals surface area contributed by atoms with Crippen LogP contribution in [0, 0.1) is 13.8 Å². The summed E-state index contributed by atoms with van der Waals surface area (Å²) in [5, 5.41) is 11.7. The molecule has 5 heteroatoms. The summed E-state index contributed by atoms with van der Waals surface area (Å²) in [5.74, 6) is 2.78. The normalized spacial score (nSPS) is 11.7. The highest BCUT2D eigenvalue weighted by Gasteiger charge is 2.07. The number of rotatable bonds is 7. The number of nitrogens with zero attached hydrogens (tertiary/aromatic N) is 2. The van der Waals surface area contributed by atoms with Crippen LogP contribution >= 0.6 is 0 Å². The van der Waals surface area contributed by atoms with Gasteiger partial charge >= 0.3 is 0 Å². The Morgan fingerprint density at radius 3 is 2.48 bits per heavy atom. The first-order chi connectivity index (χ1) is 13.9. The molecule has 1 aromatic heterocycles. The van der Waals surface area contributed by atoms with Crippen LogP contribution in [0.2, 0.25) is 0 Å². The minimum absolute atomic E-state index is 0.600. The number of anilines is 2. The Hall–Kier alpha value is -3.60. The van der Waals surface area contributed by atoms with Crippen molar-refractivity contribution < 1.29 is 4.74 Å². The molecular formula is C24H26N4O. The summed E-state index contributed by atoms with van der Waals surface area (Å²) in [5.41, 5.74) is 5.31. The molecule has 0 aliphatic rings. The maximum Gasteiger partial charge on any atom is 0.226 e. The molecule has 29 heavy (non-hydrogen) atoms. The summed E-state index contributed by atoms with van der Waals surface area (Å²) in [6.07, 6.45) is 5.74. The van der Waals surface area contributed by atoms with Gasteiger partial charge in [-0.2, -0.15) is 0 Å². The van der Waals surface area contributed by atoms with Crippen LogP contribution in [-0.4, -0.2) is 15.2 Å². The number of ether oxygens (including phenoxy) is 1. The summed E-state index contributed by atoms with van der Waals surface area (Å²) in [6.45, 7) is 12.0. The third-order valence-corrected chi connectivity index (χ3v) is 4.34. The smallest absolute Gasteiger partial charge is 0.226 e. The predicted octanol–water partition coefficient (Wildman–Crippen LogP) is 6.25. The van der Waals surface area contributed by atoms with Crippen molar-refractivity contribution in [2.45, 2.75) is 27.7 Å². The van der Waals surface area contributed by atoms with Crippen molar-refractivity contribution in [1.82, 2.24) is 15.2 Å². The van der Waals surface area contributed by atoms with Crippen molar-refractivity contribution in [3.63, 3.8) is 0 Å². The topological polar surface area (TPSA) is 62.8 Å². The first-order valence-electron chi connectivity index (χ1n) is 9.50. The number of aromatic amines is 1. The maximum atomic E-state index is 5.92. The van der Waals surface area contributed by atoms with Gasteiger partial charge in [-0.15, -0.1) is 10.2 Å². The number of aromatic nitrogens is 3. The summed E-state index contributed by atoms with van der Waals surface area (Å²) < 4.78 is 5.92. The largest absolute Gasteiger partial charge is 0.457 e. The van der Waals surface area contributed by atoms with E-state index in [0.717, 1.165) is 28.3 Å².